The van der Waals surface area contributed by atoms with Crippen molar-refractivity contribution in [1.82, 2.24) is 0 Å². The van der Waals surface area contributed by atoms with Gasteiger partial charge >= 0.3 is 0 Å². The molecule has 0 bridgehead atoms. The lowest BCUT2D eigenvalue weighted by atomic mass is 10.1. The minimum absolute atomic E-state index is 0.361. The van der Waals surface area contributed by atoms with E-state index >= 15 is 0 Å². The van der Waals surface area contributed by atoms with E-state index in [4.69, 9.17) is 22.9 Å². The number of hydrogen-bond acceptors (Lipinski definition) is 4. The largest absolute Gasteiger partial charge is 0.397 e. The van der Waals surface area contributed by atoms with E-state index in [9.17, 15) is 9.59 Å². The van der Waals surface area contributed by atoms with E-state index in [0.29, 0.717) is 22.5 Å². The summed E-state index contributed by atoms with van der Waals surface area (Å²) in [6, 6.07) is 13.1. The molecular weight excluding hydrogens is 256 g/mol. The van der Waals surface area contributed by atoms with Crippen LogP contribution in [0.5, 0.6) is 0 Å². The molecule has 0 fully saturated rings. The van der Waals surface area contributed by atoms with Crippen molar-refractivity contribution in [2.45, 2.75) is 0 Å². The second-order valence-corrected chi connectivity index (χ2v) is 3.93. The molecule has 0 aliphatic rings. The molecule has 104 valence electrons. The second-order valence-electron chi connectivity index (χ2n) is 3.93. The molecule has 0 aliphatic heterocycles. The summed E-state index contributed by atoms with van der Waals surface area (Å²) in [7, 11) is 0. The van der Waals surface area contributed by atoms with Crippen molar-refractivity contribution < 1.29 is 9.59 Å². The Kier molecular flexibility index (Phi) is 5.11. The molecular formula is C14H16N4O2. The minimum Gasteiger partial charge on any atom is -0.397 e. The summed E-state index contributed by atoms with van der Waals surface area (Å²) >= 11 is 0. The van der Waals surface area contributed by atoms with Crippen molar-refractivity contribution in [2.24, 2.45) is 11.5 Å². The highest BCUT2D eigenvalue weighted by atomic mass is 16.1. The Labute approximate surface area is 116 Å². The summed E-state index contributed by atoms with van der Waals surface area (Å²) in [6.45, 7) is 0. The van der Waals surface area contributed by atoms with Gasteiger partial charge < -0.3 is 22.9 Å². The van der Waals surface area contributed by atoms with E-state index in [1.54, 1.807) is 12.1 Å². The number of anilines is 2. The molecule has 0 unspecified atom stereocenters. The van der Waals surface area contributed by atoms with Gasteiger partial charge in [0.1, 0.15) is 0 Å². The van der Waals surface area contributed by atoms with E-state index in [0.717, 1.165) is 0 Å². The van der Waals surface area contributed by atoms with Crippen LogP contribution in [0.4, 0.5) is 11.4 Å². The fourth-order valence-electron chi connectivity index (χ4n) is 1.31. The molecule has 0 spiro atoms. The molecule has 20 heavy (non-hydrogen) atoms. The maximum Gasteiger partial charge on any atom is 0.248 e. The van der Waals surface area contributed by atoms with Crippen LogP contribution in [0.25, 0.3) is 0 Å². The number of nitrogens with two attached hydrogens (primary N) is 4. The first-order valence-electron chi connectivity index (χ1n) is 5.71. The maximum atomic E-state index is 10.6. The summed E-state index contributed by atoms with van der Waals surface area (Å²) in [6.07, 6.45) is 0. The molecule has 0 aromatic heterocycles. The summed E-state index contributed by atoms with van der Waals surface area (Å²) in [5, 5.41) is 0. The Morgan fingerprint density at radius 3 is 1.15 bits per heavy atom. The molecule has 6 nitrogen and oxygen atoms in total. The predicted octanol–water partition coefficient (Wildman–Crippen LogP) is 0.735. The summed E-state index contributed by atoms with van der Waals surface area (Å²) in [5.74, 6) is -1.04. The van der Waals surface area contributed by atoms with Crippen LogP contribution in [0.15, 0.2) is 48.5 Å². The zero-order valence-corrected chi connectivity index (χ0v) is 10.7. The normalized spacial score (nSPS) is 9.20. The number of rotatable bonds is 2. The zero-order chi connectivity index (χ0) is 15.1. The third-order valence-electron chi connectivity index (χ3n) is 2.45. The quantitative estimate of drug-likeness (QED) is 0.598. The fourth-order valence-corrected chi connectivity index (χ4v) is 1.31. The third kappa shape index (κ3) is 4.34. The monoisotopic (exact) mass is 272 g/mol. The molecule has 6 heteroatoms. The van der Waals surface area contributed by atoms with Gasteiger partial charge in [0.25, 0.3) is 0 Å². The van der Waals surface area contributed by atoms with Gasteiger partial charge in [-0.1, -0.05) is 12.1 Å². The number of nitrogen functional groups attached to an aromatic ring is 2. The first kappa shape index (κ1) is 15.0. The van der Waals surface area contributed by atoms with Crippen molar-refractivity contribution >= 4 is 23.2 Å². The van der Waals surface area contributed by atoms with Crippen LogP contribution >= 0.6 is 0 Å². The SMILES string of the molecule is NC(=O)c1ccc(C(N)=O)cc1.Nc1ccccc1N. The number of para-hydroxylation sites is 2. The predicted molar refractivity (Wildman–Crippen MR) is 78.7 cm³/mol. The van der Waals surface area contributed by atoms with Gasteiger partial charge in [0.2, 0.25) is 11.8 Å². The van der Waals surface area contributed by atoms with Gasteiger partial charge in [-0.25, -0.2) is 0 Å². The van der Waals surface area contributed by atoms with Crippen molar-refractivity contribution in [3.63, 3.8) is 0 Å². The highest BCUT2D eigenvalue weighted by molar-refractivity contribution is 5.96. The van der Waals surface area contributed by atoms with Crippen LogP contribution < -0.4 is 22.9 Å². The van der Waals surface area contributed by atoms with E-state index in [1.165, 1.54) is 24.3 Å². The zero-order valence-electron chi connectivity index (χ0n) is 10.7. The summed E-state index contributed by atoms with van der Waals surface area (Å²) in [5.41, 5.74) is 22.8. The standard InChI is InChI=1S/C8H8N2O2.C6H8N2/c9-7(11)5-1-2-6(4-3-5)8(10)12;7-5-3-1-2-4-6(5)8/h1-4H,(H2,9,11)(H2,10,12);1-4H,7-8H2. The topological polar surface area (TPSA) is 138 Å². The van der Waals surface area contributed by atoms with Crippen molar-refractivity contribution in [2.75, 3.05) is 11.5 Å². The van der Waals surface area contributed by atoms with Gasteiger partial charge in [-0.3, -0.25) is 9.59 Å². The minimum atomic E-state index is -0.522. The Balaban J connectivity index is 0.000000217. The van der Waals surface area contributed by atoms with Crippen LogP contribution in [-0.2, 0) is 0 Å². The molecule has 0 aliphatic carbocycles. The van der Waals surface area contributed by atoms with Gasteiger partial charge in [0, 0.05) is 11.1 Å². The van der Waals surface area contributed by atoms with Gasteiger partial charge in [0.05, 0.1) is 11.4 Å². The van der Waals surface area contributed by atoms with Gasteiger partial charge in [-0.05, 0) is 36.4 Å². The smallest absolute Gasteiger partial charge is 0.248 e. The first-order chi connectivity index (χ1) is 9.41. The lowest BCUT2D eigenvalue weighted by Crippen LogP contribution is -2.13. The molecule has 2 aromatic rings. The number of benzene rings is 2. The molecule has 0 heterocycles. The lowest BCUT2D eigenvalue weighted by Gasteiger charge is -1.96. The average Bonchev–Trinajstić information content (AvgIpc) is 2.43. The van der Waals surface area contributed by atoms with Gasteiger partial charge in [-0.15, -0.1) is 0 Å². The van der Waals surface area contributed by atoms with Crippen molar-refractivity contribution in [3.8, 4) is 0 Å². The Morgan fingerprint density at radius 1 is 0.650 bits per heavy atom. The fraction of sp³-hybridized carbons (Fsp3) is 0. The molecule has 2 rings (SSSR count). The van der Waals surface area contributed by atoms with E-state index in [-0.39, 0.29) is 0 Å². The highest BCUT2D eigenvalue weighted by Gasteiger charge is 2.02. The number of primary amides is 2. The average molecular weight is 272 g/mol. The number of carbonyl (C=O) groups is 2. The van der Waals surface area contributed by atoms with Crippen molar-refractivity contribution in [1.29, 1.82) is 0 Å². The lowest BCUT2D eigenvalue weighted by molar-refractivity contribution is 0.0988. The van der Waals surface area contributed by atoms with E-state index in [2.05, 4.69) is 0 Å². The molecule has 0 saturated carbocycles. The Morgan fingerprint density at radius 2 is 0.950 bits per heavy atom. The molecule has 0 radical (unpaired) electrons. The van der Waals surface area contributed by atoms with Crippen molar-refractivity contribution in [3.05, 3.63) is 59.7 Å². The summed E-state index contributed by atoms with van der Waals surface area (Å²) < 4.78 is 0. The second kappa shape index (κ2) is 6.79. The highest BCUT2D eigenvalue weighted by Crippen LogP contribution is 2.10. The number of amides is 2. The molecule has 0 atom stereocenters. The van der Waals surface area contributed by atoms with Crippen LogP contribution in [0.2, 0.25) is 0 Å². The molecule has 2 aromatic carbocycles. The maximum absolute atomic E-state index is 10.6. The number of hydrogen-bond donors (Lipinski definition) is 4. The van der Waals surface area contributed by atoms with E-state index in [1.807, 2.05) is 12.1 Å². The molecule has 0 saturated heterocycles. The Hall–Kier alpha value is -3.02. The van der Waals surface area contributed by atoms with Crippen LogP contribution in [-0.4, -0.2) is 11.8 Å². The van der Waals surface area contributed by atoms with Crippen LogP contribution in [0, 0.1) is 0 Å². The number of carbonyl (C=O) groups excluding carboxylic acids is 2. The first-order valence-corrected chi connectivity index (χ1v) is 5.71. The van der Waals surface area contributed by atoms with Crippen LogP contribution in [0.3, 0.4) is 0 Å². The summed E-state index contributed by atoms with van der Waals surface area (Å²) in [4.78, 5) is 21.2. The van der Waals surface area contributed by atoms with Gasteiger partial charge in [-0.2, -0.15) is 0 Å². The van der Waals surface area contributed by atoms with E-state index < -0.39 is 11.8 Å². The van der Waals surface area contributed by atoms with Gasteiger partial charge in [0.15, 0.2) is 0 Å². The molecule has 2 amide bonds. The molecule has 8 N–H and O–H groups in total. The third-order valence-corrected chi connectivity index (χ3v) is 2.45. The Bertz CT molecular complexity index is 555. The van der Waals surface area contributed by atoms with Crippen LogP contribution in [0.1, 0.15) is 20.7 Å².